The number of rotatable bonds is 2. The lowest BCUT2D eigenvalue weighted by Gasteiger charge is -2.28. The number of imide groups is 1. The fraction of sp³-hybridized carbons (Fsp3) is 0.250. The molecule has 2 aliphatic heterocycles. The molecular formula is C28H21N5O4. The molecule has 1 aliphatic carbocycles. The smallest absolute Gasteiger partial charge is 0.259 e. The van der Waals surface area contributed by atoms with Crippen LogP contribution < -0.4 is 20.5 Å². The Morgan fingerprint density at radius 3 is 2.03 bits per heavy atom. The van der Waals surface area contributed by atoms with Gasteiger partial charge in [-0.05, 0) is 42.8 Å². The molecule has 2 unspecified atom stereocenters. The van der Waals surface area contributed by atoms with Gasteiger partial charge in [0.15, 0.2) is 0 Å². The van der Waals surface area contributed by atoms with Gasteiger partial charge in [0, 0.05) is 45.0 Å². The lowest BCUT2D eigenvalue weighted by Crippen LogP contribution is -2.43. The van der Waals surface area contributed by atoms with E-state index in [0.29, 0.717) is 40.9 Å². The van der Waals surface area contributed by atoms with Crippen LogP contribution in [0.5, 0.6) is 11.5 Å². The van der Waals surface area contributed by atoms with E-state index in [1.807, 2.05) is 36.4 Å². The predicted molar refractivity (Wildman–Crippen MR) is 137 cm³/mol. The van der Waals surface area contributed by atoms with Crippen molar-refractivity contribution in [2.75, 3.05) is 14.2 Å². The van der Waals surface area contributed by atoms with Gasteiger partial charge in [-0.2, -0.15) is 5.26 Å². The molecule has 4 heterocycles. The van der Waals surface area contributed by atoms with Crippen molar-refractivity contribution >= 4 is 55.4 Å². The molecule has 2 aromatic heterocycles. The number of ether oxygens (including phenoxy) is 2. The van der Waals surface area contributed by atoms with Crippen molar-refractivity contribution in [3.63, 3.8) is 0 Å². The van der Waals surface area contributed by atoms with E-state index >= 15 is 0 Å². The molecule has 1 fully saturated rings. The third-order valence-electron chi connectivity index (χ3n) is 8.62. The number of nitriles is 1. The lowest BCUT2D eigenvalue weighted by atomic mass is 9.94. The van der Waals surface area contributed by atoms with Gasteiger partial charge in [-0.15, -0.1) is 0 Å². The number of hydrogen-bond donors (Lipinski definition) is 2. The first kappa shape index (κ1) is 20.6. The molecule has 3 aliphatic rings. The first-order valence-electron chi connectivity index (χ1n) is 12.1. The molecule has 1 saturated carbocycles. The molecule has 0 saturated heterocycles. The largest absolute Gasteiger partial charge is 0.497 e. The molecule has 9 heteroatoms. The zero-order valence-electron chi connectivity index (χ0n) is 20.1. The molecule has 2 amide bonds. The highest BCUT2D eigenvalue weighted by Gasteiger charge is 2.51. The number of aromatic nitrogens is 2. The molecule has 9 nitrogen and oxygen atoms in total. The molecule has 3 N–H and O–H groups in total. The number of carbonyl (C=O) groups is 2. The minimum absolute atomic E-state index is 0.0577. The van der Waals surface area contributed by atoms with E-state index in [9.17, 15) is 14.9 Å². The molecule has 3 aromatic carbocycles. The molecule has 0 radical (unpaired) electrons. The highest BCUT2D eigenvalue weighted by Crippen LogP contribution is 2.56. The van der Waals surface area contributed by atoms with Crippen molar-refractivity contribution < 1.29 is 19.1 Å². The summed E-state index contributed by atoms with van der Waals surface area (Å²) in [6.45, 7) is 0. The van der Waals surface area contributed by atoms with Crippen LogP contribution in [0, 0.1) is 11.3 Å². The first-order chi connectivity index (χ1) is 17.9. The zero-order chi connectivity index (χ0) is 25.4. The van der Waals surface area contributed by atoms with Crippen molar-refractivity contribution in [3.05, 3.63) is 47.5 Å². The Morgan fingerprint density at radius 1 is 0.946 bits per heavy atom. The van der Waals surface area contributed by atoms with Crippen LogP contribution in [0.3, 0.4) is 0 Å². The number of nitrogens with two attached hydrogens (primary N) is 1. The van der Waals surface area contributed by atoms with E-state index < -0.39 is 17.4 Å². The van der Waals surface area contributed by atoms with Crippen molar-refractivity contribution in [1.29, 1.82) is 5.26 Å². The molecule has 5 aromatic rings. The number of hydrogen-bond acceptors (Lipinski definition) is 6. The van der Waals surface area contributed by atoms with Crippen LogP contribution >= 0.6 is 0 Å². The highest BCUT2D eigenvalue weighted by atomic mass is 16.5. The maximum absolute atomic E-state index is 13.4. The number of nitrogens with one attached hydrogen (secondary N) is 1. The van der Waals surface area contributed by atoms with E-state index in [4.69, 9.17) is 15.2 Å². The summed E-state index contributed by atoms with van der Waals surface area (Å²) >= 11 is 0. The number of fused-ring (bicyclic) bond motifs is 13. The average Bonchev–Trinajstić information content (AvgIpc) is 3.58. The van der Waals surface area contributed by atoms with Gasteiger partial charge < -0.3 is 24.3 Å². The van der Waals surface area contributed by atoms with Gasteiger partial charge in [-0.25, -0.2) is 0 Å². The SMILES string of the molecule is COc1ccc2c(c1)c1c3c(c4c5cc(OC)ccc5n5c4c1n2C1CC5[C@](N)(C#N)C1)C(=O)NC3=O. The Morgan fingerprint density at radius 2 is 1.49 bits per heavy atom. The third-order valence-corrected chi connectivity index (χ3v) is 8.62. The van der Waals surface area contributed by atoms with Gasteiger partial charge in [0.1, 0.15) is 17.0 Å². The van der Waals surface area contributed by atoms with Crippen LogP contribution in [-0.4, -0.2) is 40.7 Å². The maximum atomic E-state index is 13.4. The lowest BCUT2D eigenvalue weighted by molar-refractivity contribution is 0.0880. The fourth-order valence-corrected chi connectivity index (χ4v) is 7.18. The van der Waals surface area contributed by atoms with Crippen molar-refractivity contribution in [2.45, 2.75) is 30.5 Å². The normalized spacial score (nSPS) is 23.7. The van der Waals surface area contributed by atoms with Crippen LogP contribution in [-0.2, 0) is 0 Å². The Labute approximate surface area is 209 Å². The minimum atomic E-state index is -1.10. The van der Waals surface area contributed by atoms with Crippen LogP contribution in [0.15, 0.2) is 36.4 Å². The molecule has 2 bridgehead atoms. The number of carbonyl (C=O) groups excluding carboxylic acids is 2. The van der Waals surface area contributed by atoms with E-state index in [0.717, 1.165) is 38.2 Å². The van der Waals surface area contributed by atoms with E-state index in [2.05, 4.69) is 20.5 Å². The van der Waals surface area contributed by atoms with E-state index in [1.54, 1.807) is 14.2 Å². The van der Waals surface area contributed by atoms with Crippen LogP contribution in [0.4, 0.5) is 0 Å². The molecule has 0 spiro atoms. The Balaban J connectivity index is 1.74. The highest BCUT2D eigenvalue weighted by molar-refractivity contribution is 6.39. The number of benzene rings is 3. The van der Waals surface area contributed by atoms with Crippen LogP contribution in [0.1, 0.15) is 45.6 Å². The fourth-order valence-electron chi connectivity index (χ4n) is 7.18. The maximum Gasteiger partial charge on any atom is 0.259 e. The quantitative estimate of drug-likeness (QED) is 0.361. The van der Waals surface area contributed by atoms with Crippen LogP contribution in [0.2, 0.25) is 0 Å². The third kappa shape index (κ3) is 2.20. The summed E-state index contributed by atoms with van der Waals surface area (Å²) in [6, 6.07) is 13.6. The van der Waals surface area contributed by atoms with Gasteiger partial charge in [0.25, 0.3) is 11.8 Å². The van der Waals surface area contributed by atoms with Crippen molar-refractivity contribution in [2.24, 2.45) is 5.73 Å². The minimum Gasteiger partial charge on any atom is -0.497 e. The Hall–Kier alpha value is -4.55. The van der Waals surface area contributed by atoms with Crippen molar-refractivity contribution in [1.82, 2.24) is 14.5 Å². The van der Waals surface area contributed by atoms with Gasteiger partial charge in [-0.1, -0.05) is 0 Å². The second-order valence-electron chi connectivity index (χ2n) is 10.2. The number of methoxy groups -OCH3 is 2. The van der Waals surface area contributed by atoms with E-state index in [-0.39, 0.29) is 12.1 Å². The topological polar surface area (TPSA) is 124 Å². The van der Waals surface area contributed by atoms with Crippen molar-refractivity contribution in [3.8, 4) is 17.6 Å². The van der Waals surface area contributed by atoms with Gasteiger partial charge >= 0.3 is 0 Å². The molecule has 8 rings (SSSR count). The Bertz CT molecular complexity index is 1980. The second kappa shape index (κ2) is 6.41. The Kier molecular flexibility index (Phi) is 3.57. The van der Waals surface area contributed by atoms with Gasteiger partial charge in [0.2, 0.25) is 0 Å². The second-order valence-corrected chi connectivity index (χ2v) is 10.2. The number of nitrogens with zero attached hydrogens (tertiary/aromatic N) is 3. The summed E-state index contributed by atoms with van der Waals surface area (Å²) in [6.07, 6.45) is 1.12. The van der Waals surface area contributed by atoms with Gasteiger partial charge in [0.05, 0.1) is 48.5 Å². The average molecular weight is 492 g/mol. The predicted octanol–water partition coefficient (Wildman–Crippen LogP) is 3.91. The number of amides is 2. The van der Waals surface area contributed by atoms with E-state index in [1.165, 1.54) is 0 Å². The summed E-state index contributed by atoms with van der Waals surface area (Å²) in [7, 11) is 3.20. The molecule has 182 valence electrons. The zero-order valence-corrected chi connectivity index (χ0v) is 20.1. The summed E-state index contributed by atoms with van der Waals surface area (Å²) in [4.78, 5) is 26.7. The molecular weight excluding hydrogens is 470 g/mol. The molecule has 37 heavy (non-hydrogen) atoms. The first-order valence-corrected chi connectivity index (χ1v) is 12.1. The monoisotopic (exact) mass is 491 g/mol. The summed E-state index contributed by atoms with van der Waals surface area (Å²) in [5.74, 6) is 0.450. The van der Waals surface area contributed by atoms with Gasteiger partial charge in [-0.3, -0.25) is 14.9 Å². The molecule has 3 atom stereocenters. The van der Waals surface area contributed by atoms with Crippen LogP contribution in [0.25, 0.3) is 43.6 Å². The summed E-state index contributed by atoms with van der Waals surface area (Å²) in [5, 5.41) is 15.8. The summed E-state index contributed by atoms with van der Waals surface area (Å²) < 4.78 is 15.4. The standard InChI is InChI=1S/C28H21N5O4/c1-36-13-3-5-17-15(8-13)20-22-23(27(35)31-26(22)34)21-16-9-14(37-2)4-6-18(16)33-19-7-12(10-28(19,30)11-29)32(17)24(20)25(21)33/h3-6,8-9,12,19H,7,10,30H2,1-2H3,(H,31,34,35)/t12?,19?,28-/m1/s1. The summed E-state index contributed by atoms with van der Waals surface area (Å²) in [5.41, 5.74) is 9.91.